The standard InChI is InChI=1S/C22H29FN2O6S/c1-3-25(19-10-13-32(29,30)14-19)20(26)15(2)31-22(28)17-8-11-24(12-9-17)21(27)16-4-6-18(23)7-5-16/h4-7,15,17,19H,3,8-14H2,1-2H3/t15-,19-/m1/s1. The molecule has 0 bridgehead atoms. The second kappa shape index (κ2) is 9.97. The Morgan fingerprint density at radius 2 is 1.78 bits per heavy atom. The number of sulfone groups is 1. The Labute approximate surface area is 187 Å². The zero-order chi connectivity index (χ0) is 23.5. The molecule has 2 aliphatic heterocycles. The molecule has 2 heterocycles. The maximum absolute atomic E-state index is 13.1. The summed E-state index contributed by atoms with van der Waals surface area (Å²) in [7, 11) is -3.14. The van der Waals surface area contributed by atoms with Crippen molar-refractivity contribution in [1.29, 1.82) is 0 Å². The minimum atomic E-state index is -3.14. The number of benzene rings is 1. The number of esters is 1. The summed E-state index contributed by atoms with van der Waals surface area (Å²) in [4.78, 5) is 41.0. The third-order valence-corrected chi connectivity index (χ3v) is 7.87. The van der Waals surface area contributed by atoms with Crippen LogP contribution in [0.15, 0.2) is 24.3 Å². The van der Waals surface area contributed by atoms with E-state index in [9.17, 15) is 27.2 Å². The van der Waals surface area contributed by atoms with Crippen LogP contribution in [-0.2, 0) is 24.2 Å². The molecular weight excluding hydrogens is 439 g/mol. The average molecular weight is 469 g/mol. The van der Waals surface area contributed by atoms with Crippen molar-refractivity contribution in [3.8, 4) is 0 Å². The Bertz CT molecular complexity index is 957. The normalized spacial score (nSPS) is 21.7. The van der Waals surface area contributed by atoms with Gasteiger partial charge in [0, 0.05) is 31.2 Å². The second-order valence-corrected chi connectivity index (χ2v) is 10.6. The number of piperidine rings is 1. The number of likely N-dealkylation sites (tertiary alicyclic amines) is 1. The van der Waals surface area contributed by atoms with Crippen LogP contribution < -0.4 is 0 Å². The number of nitrogens with zero attached hydrogens (tertiary/aromatic N) is 2. The molecule has 1 aromatic carbocycles. The van der Waals surface area contributed by atoms with Gasteiger partial charge in [0.25, 0.3) is 11.8 Å². The molecule has 2 amide bonds. The Morgan fingerprint density at radius 3 is 2.31 bits per heavy atom. The van der Waals surface area contributed by atoms with E-state index in [0.717, 1.165) is 0 Å². The van der Waals surface area contributed by atoms with Gasteiger partial charge in [-0.25, -0.2) is 12.8 Å². The minimum Gasteiger partial charge on any atom is -0.452 e. The van der Waals surface area contributed by atoms with Gasteiger partial charge in [-0.3, -0.25) is 14.4 Å². The highest BCUT2D eigenvalue weighted by molar-refractivity contribution is 7.91. The molecule has 32 heavy (non-hydrogen) atoms. The number of hydrogen-bond acceptors (Lipinski definition) is 6. The second-order valence-electron chi connectivity index (χ2n) is 8.33. The number of rotatable bonds is 6. The Hall–Kier alpha value is -2.49. The van der Waals surface area contributed by atoms with Crippen LogP contribution >= 0.6 is 0 Å². The summed E-state index contributed by atoms with van der Waals surface area (Å²) >= 11 is 0. The molecule has 0 N–H and O–H groups in total. The molecular formula is C22H29FN2O6S. The molecule has 0 unspecified atom stereocenters. The third kappa shape index (κ3) is 5.65. The van der Waals surface area contributed by atoms with Gasteiger partial charge in [-0.1, -0.05) is 0 Å². The fraction of sp³-hybridized carbons (Fsp3) is 0.591. The van der Waals surface area contributed by atoms with Crippen LogP contribution in [0.5, 0.6) is 0 Å². The Morgan fingerprint density at radius 1 is 1.16 bits per heavy atom. The Balaban J connectivity index is 1.51. The van der Waals surface area contributed by atoms with Gasteiger partial charge in [-0.2, -0.15) is 0 Å². The van der Waals surface area contributed by atoms with E-state index in [1.807, 2.05) is 0 Å². The van der Waals surface area contributed by atoms with Crippen molar-refractivity contribution in [2.45, 2.75) is 45.3 Å². The van der Waals surface area contributed by atoms with Crippen LogP contribution in [-0.4, -0.2) is 79.3 Å². The molecule has 2 saturated heterocycles. The van der Waals surface area contributed by atoms with E-state index in [4.69, 9.17) is 4.74 Å². The number of likely N-dealkylation sites (N-methyl/N-ethyl adjacent to an activating group) is 1. The van der Waals surface area contributed by atoms with Crippen LogP contribution in [0, 0.1) is 11.7 Å². The smallest absolute Gasteiger partial charge is 0.309 e. The highest BCUT2D eigenvalue weighted by atomic mass is 32.2. The minimum absolute atomic E-state index is 0.0603. The first-order chi connectivity index (χ1) is 15.1. The maximum atomic E-state index is 13.1. The lowest BCUT2D eigenvalue weighted by Crippen LogP contribution is -2.47. The number of halogens is 1. The van der Waals surface area contributed by atoms with Crippen molar-refractivity contribution >= 4 is 27.6 Å². The molecule has 1 aromatic rings. The topological polar surface area (TPSA) is 101 Å². The molecule has 2 fully saturated rings. The predicted molar refractivity (Wildman–Crippen MR) is 115 cm³/mol. The maximum Gasteiger partial charge on any atom is 0.309 e. The van der Waals surface area contributed by atoms with Crippen LogP contribution in [0.2, 0.25) is 0 Å². The van der Waals surface area contributed by atoms with Crippen LogP contribution in [0.25, 0.3) is 0 Å². The largest absolute Gasteiger partial charge is 0.452 e. The molecule has 3 rings (SSSR count). The highest BCUT2D eigenvalue weighted by Crippen LogP contribution is 2.23. The van der Waals surface area contributed by atoms with E-state index >= 15 is 0 Å². The van der Waals surface area contributed by atoms with Gasteiger partial charge in [0.1, 0.15) is 5.82 Å². The third-order valence-electron chi connectivity index (χ3n) is 6.12. The van der Waals surface area contributed by atoms with Gasteiger partial charge in [0.15, 0.2) is 15.9 Å². The molecule has 0 radical (unpaired) electrons. The molecule has 176 valence electrons. The summed E-state index contributed by atoms with van der Waals surface area (Å²) in [5.74, 6) is -1.95. The SMILES string of the molecule is CCN(C(=O)[C@@H](C)OC(=O)C1CCN(C(=O)c2ccc(F)cc2)CC1)[C@@H]1CCS(=O)(=O)C1. The molecule has 2 atom stereocenters. The summed E-state index contributed by atoms with van der Waals surface area (Å²) in [5, 5.41) is 0. The van der Waals surface area contributed by atoms with Crippen molar-refractivity contribution < 1.29 is 31.9 Å². The van der Waals surface area contributed by atoms with E-state index < -0.39 is 39.6 Å². The van der Waals surface area contributed by atoms with E-state index in [1.54, 1.807) is 11.8 Å². The molecule has 0 aliphatic carbocycles. The van der Waals surface area contributed by atoms with E-state index in [2.05, 4.69) is 0 Å². The van der Waals surface area contributed by atoms with E-state index in [1.165, 1.54) is 36.1 Å². The lowest BCUT2D eigenvalue weighted by atomic mass is 9.96. The van der Waals surface area contributed by atoms with Crippen molar-refractivity contribution in [2.24, 2.45) is 5.92 Å². The summed E-state index contributed by atoms with van der Waals surface area (Å²) in [6, 6.07) is 4.94. The van der Waals surface area contributed by atoms with Gasteiger partial charge >= 0.3 is 5.97 Å². The lowest BCUT2D eigenvalue weighted by Gasteiger charge is -2.32. The Kier molecular flexibility index (Phi) is 7.53. The predicted octanol–water partition coefficient (Wildman–Crippen LogP) is 1.65. The first kappa shape index (κ1) is 24.2. The van der Waals surface area contributed by atoms with E-state index in [-0.39, 0.29) is 23.5 Å². The summed E-state index contributed by atoms with van der Waals surface area (Å²) in [6.07, 6.45) is 0.198. The van der Waals surface area contributed by atoms with Gasteiger partial charge in [-0.05, 0) is 57.4 Å². The number of hydrogen-bond donors (Lipinski definition) is 0. The fourth-order valence-corrected chi connectivity index (χ4v) is 5.99. The van der Waals surface area contributed by atoms with Gasteiger partial charge in [-0.15, -0.1) is 0 Å². The van der Waals surface area contributed by atoms with Crippen molar-refractivity contribution in [3.05, 3.63) is 35.6 Å². The summed E-state index contributed by atoms with van der Waals surface area (Å²) < 4.78 is 42.0. The number of ether oxygens (including phenoxy) is 1. The highest BCUT2D eigenvalue weighted by Gasteiger charge is 2.37. The molecule has 10 heteroatoms. The fourth-order valence-electron chi connectivity index (χ4n) is 4.26. The molecule has 0 saturated carbocycles. The first-order valence-corrected chi connectivity index (χ1v) is 12.7. The summed E-state index contributed by atoms with van der Waals surface area (Å²) in [5.41, 5.74) is 0.389. The van der Waals surface area contributed by atoms with Gasteiger partial charge in [0.05, 0.1) is 17.4 Å². The zero-order valence-corrected chi connectivity index (χ0v) is 19.1. The monoisotopic (exact) mass is 468 g/mol. The quantitative estimate of drug-likeness (QED) is 0.589. The number of carbonyl (C=O) groups excluding carboxylic acids is 3. The molecule has 2 aliphatic rings. The number of carbonyl (C=O) groups is 3. The summed E-state index contributed by atoms with van der Waals surface area (Å²) in [6.45, 7) is 4.33. The van der Waals surface area contributed by atoms with Crippen LogP contribution in [0.4, 0.5) is 4.39 Å². The average Bonchev–Trinajstić information content (AvgIpc) is 3.13. The lowest BCUT2D eigenvalue weighted by molar-refractivity contribution is -0.164. The molecule has 0 aromatic heterocycles. The van der Waals surface area contributed by atoms with Crippen molar-refractivity contribution in [1.82, 2.24) is 9.80 Å². The van der Waals surface area contributed by atoms with E-state index in [0.29, 0.717) is 44.5 Å². The zero-order valence-electron chi connectivity index (χ0n) is 18.3. The first-order valence-electron chi connectivity index (χ1n) is 10.9. The van der Waals surface area contributed by atoms with Crippen molar-refractivity contribution in [2.75, 3.05) is 31.1 Å². The van der Waals surface area contributed by atoms with Crippen molar-refractivity contribution in [3.63, 3.8) is 0 Å². The molecule has 0 spiro atoms. The van der Waals surface area contributed by atoms with Crippen LogP contribution in [0.3, 0.4) is 0 Å². The molecule has 8 nitrogen and oxygen atoms in total. The van der Waals surface area contributed by atoms with Gasteiger partial charge < -0.3 is 14.5 Å². The van der Waals surface area contributed by atoms with Gasteiger partial charge in [0.2, 0.25) is 0 Å². The number of amides is 2. The van der Waals surface area contributed by atoms with Crippen LogP contribution in [0.1, 0.15) is 43.5 Å².